The van der Waals surface area contributed by atoms with Crippen LogP contribution in [0.15, 0.2) is 0 Å². The van der Waals surface area contributed by atoms with Gasteiger partial charge < -0.3 is 9.80 Å². The second kappa shape index (κ2) is 6.77. The smallest absolute Gasteiger partial charge is 0.245 e. The summed E-state index contributed by atoms with van der Waals surface area (Å²) in [6.45, 7) is 0.801. The molecule has 4 bridgehead atoms. The summed E-state index contributed by atoms with van der Waals surface area (Å²) in [5.74, 6) is 2.91. The van der Waals surface area contributed by atoms with E-state index in [9.17, 15) is 9.59 Å². The highest BCUT2D eigenvalue weighted by Gasteiger charge is 2.57. The zero-order chi connectivity index (χ0) is 18.6. The van der Waals surface area contributed by atoms with Gasteiger partial charge >= 0.3 is 0 Å². The maximum absolute atomic E-state index is 13.8. The number of carbonyl (C=O) groups excluding carboxylic acids is 2. The van der Waals surface area contributed by atoms with Crippen LogP contribution >= 0.6 is 0 Å². The number of carbonyl (C=O) groups is 2. The molecule has 0 radical (unpaired) electrons. The highest BCUT2D eigenvalue weighted by molar-refractivity contribution is 5.91. The Labute approximate surface area is 164 Å². The molecule has 0 aromatic carbocycles. The summed E-state index contributed by atoms with van der Waals surface area (Å²) in [5, 5.41) is 0. The summed E-state index contributed by atoms with van der Waals surface area (Å²) >= 11 is 0. The van der Waals surface area contributed by atoms with E-state index in [0.717, 1.165) is 69.2 Å². The van der Waals surface area contributed by atoms with Gasteiger partial charge in [-0.2, -0.15) is 0 Å². The van der Waals surface area contributed by atoms with Gasteiger partial charge in [-0.15, -0.1) is 0 Å². The fourth-order valence-corrected chi connectivity index (χ4v) is 7.83. The molecule has 1 heterocycles. The first-order chi connectivity index (χ1) is 13.1. The molecule has 6 fully saturated rings. The van der Waals surface area contributed by atoms with Gasteiger partial charge in [0.1, 0.15) is 6.04 Å². The largest absolute Gasteiger partial charge is 0.341 e. The topological polar surface area (TPSA) is 40.6 Å². The number of rotatable bonds is 3. The molecule has 0 aromatic rings. The predicted octanol–water partition coefficient (Wildman–Crippen LogP) is 3.98. The van der Waals surface area contributed by atoms with Crippen LogP contribution < -0.4 is 0 Å². The Balaban J connectivity index is 1.32. The van der Waals surface area contributed by atoms with Crippen LogP contribution in [-0.2, 0) is 9.59 Å². The van der Waals surface area contributed by atoms with Crippen LogP contribution in [0.4, 0.5) is 0 Å². The SMILES string of the molecule is CN(C(=O)C1CCCN1C(=O)C12CC3CC(CC(C3)C1)C2)C1CCCCC1. The molecule has 5 aliphatic carbocycles. The number of likely N-dealkylation sites (N-methyl/N-ethyl adjacent to an activating group) is 1. The van der Waals surface area contributed by atoms with E-state index in [1.165, 1.54) is 38.5 Å². The molecule has 0 aromatic heterocycles. The fraction of sp³-hybridized carbons (Fsp3) is 0.913. The zero-order valence-electron chi connectivity index (χ0n) is 17.0. The summed E-state index contributed by atoms with van der Waals surface area (Å²) < 4.78 is 0. The lowest BCUT2D eigenvalue weighted by Gasteiger charge is -2.56. The van der Waals surface area contributed by atoms with E-state index in [1.807, 2.05) is 16.8 Å². The first-order valence-electron chi connectivity index (χ1n) is 11.6. The van der Waals surface area contributed by atoms with Gasteiger partial charge in [0, 0.05) is 19.6 Å². The van der Waals surface area contributed by atoms with Gasteiger partial charge in [0.25, 0.3) is 0 Å². The van der Waals surface area contributed by atoms with Crippen LogP contribution in [0.5, 0.6) is 0 Å². The molecule has 2 amide bonds. The summed E-state index contributed by atoms with van der Waals surface area (Å²) in [6, 6.07) is 0.209. The minimum atomic E-state index is -0.183. The van der Waals surface area contributed by atoms with Crippen molar-refractivity contribution in [2.24, 2.45) is 23.2 Å². The van der Waals surface area contributed by atoms with E-state index >= 15 is 0 Å². The van der Waals surface area contributed by atoms with Crippen LogP contribution in [0.25, 0.3) is 0 Å². The maximum atomic E-state index is 13.8. The van der Waals surface area contributed by atoms with Crippen LogP contribution in [0.1, 0.15) is 83.5 Å². The first-order valence-corrected chi connectivity index (χ1v) is 11.6. The quantitative estimate of drug-likeness (QED) is 0.752. The lowest BCUT2D eigenvalue weighted by atomic mass is 9.49. The zero-order valence-corrected chi connectivity index (χ0v) is 17.0. The van der Waals surface area contributed by atoms with Gasteiger partial charge in [0.2, 0.25) is 11.8 Å². The van der Waals surface area contributed by atoms with Crippen molar-refractivity contribution in [2.45, 2.75) is 95.6 Å². The van der Waals surface area contributed by atoms with Gasteiger partial charge in [-0.1, -0.05) is 19.3 Å². The average molecular weight is 373 g/mol. The van der Waals surface area contributed by atoms with Crippen molar-refractivity contribution in [3.8, 4) is 0 Å². The third kappa shape index (κ3) is 3.02. The van der Waals surface area contributed by atoms with E-state index in [0.29, 0.717) is 11.9 Å². The van der Waals surface area contributed by atoms with Gasteiger partial charge in [0.05, 0.1) is 5.41 Å². The van der Waals surface area contributed by atoms with Crippen molar-refractivity contribution in [3.63, 3.8) is 0 Å². The normalized spacial score (nSPS) is 41.1. The molecule has 1 aliphatic heterocycles. The number of likely N-dealkylation sites (tertiary alicyclic amines) is 1. The lowest BCUT2D eigenvalue weighted by Crippen LogP contribution is -2.58. The molecule has 27 heavy (non-hydrogen) atoms. The van der Waals surface area contributed by atoms with E-state index in [4.69, 9.17) is 0 Å². The molecule has 4 nitrogen and oxygen atoms in total. The first kappa shape index (κ1) is 18.0. The Morgan fingerprint density at radius 3 is 2.04 bits per heavy atom. The molecule has 0 N–H and O–H groups in total. The minimum Gasteiger partial charge on any atom is -0.341 e. The number of hydrogen-bond donors (Lipinski definition) is 0. The average Bonchev–Trinajstić information content (AvgIpc) is 3.15. The third-order valence-corrected chi connectivity index (χ3v) is 8.76. The summed E-state index contributed by atoms with van der Waals surface area (Å²) in [6.07, 6.45) is 15.3. The molecule has 4 heteroatoms. The van der Waals surface area contributed by atoms with Crippen molar-refractivity contribution in [3.05, 3.63) is 0 Å². The van der Waals surface area contributed by atoms with Crippen molar-refractivity contribution in [1.82, 2.24) is 9.80 Å². The predicted molar refractivity (Wildman–Crippen MR) is 105 cm³/mol. The van der Waals surface area contributed by atoms with Crippen molar-refractivity contribution >= 4 is 11.8 Å². The Hall–Kier alpha value is -1.06. The maximum Gasteiger partial charge on any atom is 0.245 e. The summed E-state index contributed by atoms with van der Waals surface area (Å²) in [4.78, 5) is 31.1. The van der Waals surface area contributed by atoms with Crippen molar-refractivity contribution < 1.29 is 9.59 Å². The molecular formula is C23H36N2O2. The molecule has 150 valence electrons. The molecule has 6 aliphatic rings. The van der Waals surface area contributed by atoms with E-state index in [2.05, 4.69) is 0 Å². The van der Waals surface area contributed by atoms with E-state index in [1.54, 1.807) is 0 Å². The van der Waals surface area contributed by atoms with E-state index < -0.39 is 0 Å². The molecule has 5 saturated carbocycles. The minimum absolute atomic E-state index is 0.110. The summed E-state index contributed by atoms with van der Waals surface area (Å²) in [5.41, 5.74) is -0.110. The third-order valence-electron chi connectivity index (χ3n) is 8.76. The summed E-state index contributed by atoms with van der Waals surface area (Å²) in [7, 11) is 1.99. The second-order valence-electron chi connectivity index (χ2n) is 10.6. The molecule has 1 atom stereocenters. The van der Waals surface area contributed by atoms with Crippen LogP contribution in [0.3, 0.4) is 0 Å². The lowest BCUT2D eigenvalue weighted by molar-refractivity contribution is -0.162. The van der Waals surface area contributed by atoms with Gasteiger partial charge in [-0.05, 0) is 82.0 Å². The van der Waals surface area contributed by atoms with Crippen molar-refractivity contribution in [1.29, 1.82) is 0 Å². The van der Waals surface area contributed by atoms with Crippen LogP contribution in [-0.4, -0.2) is 47.3 Å². The highest BCUT2D eigenvalue weighted by atomic mass is 16.2. The fourth-order valence-electron chi connectivity index (χ4n) is 7.83. The Bertz CT molecular complexity index is 574. The monoisotopic (exact) mass is 372 g/mol. The second-order valence-corrected chi connectivity index (χ2v) is 10.6. The van der Waals surface area contributed by atoms with Crippen LogP contribution in [0.2, 0.25) is 0 Å². The Morgan fingerprint density at radius 2 is 1.44 bits per heavy atom. The number of amides is 2. The molecule has 1 unspecified atom stereocenters. The molecule has 6 rings (SSSR count). The van der Waals surface area contributed by atoms with Gasteiger partial charge in [0.15, 0.2) is 0 Å². The highest BCUT2D eigenvalue weighted by Crippen LogP contribution is 2.60. The molecular weight excluding hydrogens is 336 g/mol. The van der Waals surface area contributed by atoms with Gasteiger partial charge in [-0.3, -0.25) is 9.59 Å². The van der Waals surface area contributed by atoms with Crippen LogP contribution in [0, 0.1) is 23.2 Å². The molecule has 1 saturated heterocycles. The Morgan fingerprint density at radius 1 is 0.852 bits per heavy atom. The number of hydrogen-bond acceptors (Lipinski definition) is 2. The van der Waals surface area contributed by atoms with Crippen molar-refractivity contribution in [2.75, 3.05) is 13.6 Å². The molecule has 0 spiro atoms. The number of nitrogens with zero attached hydrogens (tertiary/aromatic N) is 2. The Kier molecular flexibility index (Phi) is 4.52. The standard InChI is InChI=1S/C23H36N2O2/c1-24(19-6-3-2-4-7-19)21(26)20-8-5-9-25(20)22(27)23-13-16-10-17(14-23)12-18(11-16)15-23/h16-20H,2-15H2,1H3. The van der Waals surface area contributed by atoms with Gasteiger partial charge in [-0.25, -0.2) is 0 Å². The van der Waals surface area contributed by atoms with E-state index in [-0.39, 0.29) is 17.4 Å².